The summed E-state index contributed by atoms with van der Waals surface area (Å²) < 4.78 is 4.85. The van der Waals surface area contributed by atoms with Gasteiger partial charge in [-0.25, -0.2) is 0 Å². The zero-order valence-electron chi connectivity index (χ0n) is 34.0. The van der Waals surface area contributed by atoms with Crippen LogP contribution in [0.4, 0.5) is 0 Å². The zero-order valence-corrected chi connectivity index (χ0v) is 34.0. The van der Waals surface area contributed by atoms with Crippen LogP contribution in [0, 0.1) is 0 Å². The largest absolute Gasteiger partial charge is 0.309 e. The van der Waals surface area contributed by atoms with Crippen molar-refractivity contribution in [1.82, 2.24) is 9.13 Å². The predicted octanol–water partition coefficient (Wildman–Crippen LogP) is 16.2. The number of hydrogen-bond donors (Lipinski definition) is 0. The molecule has 10 aromatic carbocycles. The number of fused-ring (bicyclic) bond motifs is 6. The molecule has 0 saturated heterocycles. The smallest absolute Gasteiger partial charge is 0.0547 e. The van der Waals surface area contributed by atoms with E-state index in [-0.39, 0.29) is 0 Å². The molecule has 0 aliphatic rings. The van der Waals surface area contributed by atoms with Gasteiger partial charge in [-0.1, -0.05) is 188 Å². The highest BCUT2D eigenvalue weighted by molar-refractivity contribution is 6.12. The number of nitrogens with zero attached hydrogens (tertiary/aromatic N) is 2. The molecular weight excluding hydrogens is 749 g/mol. The normalized spacial score (nSPS) is 11.5. The molecule has 0 unspecified atom stereocenters. The van der Waals surface area contributed by atoms with Gasteiger partial charge in [0.05, 0.1) is 22.1 Å². The fourth-order valence-corrected chi connectivity index (χ4v) is 9.48. The molecule has 0 saturated carbocycles. The van der Waals surface area contributed by atoms with Gasteiger partial charge >= 0.3 is 0 Å². The molecule has 0 N–H and O–H groups in total. The lowest BCUT2D eigenvalue weighted by Gasteiger charge is -2.12. The Kier molecular flexibility index (Phi) is 8.53. The van der Waals surface area contributed by atoms with Crippen molar-refractivity contribution in [2.75, 3.05) is 0 Å². The summed E-state index contributed by atoms with van der Waals surface area (Å²) in [7, 11) is 0. The highest BCUT2D eigenvalue weighted by Crippen LogP contribution is 2.39. The summed E-state index contributed by atoms with van der Waals surface area (Å²) in [5, 5.41) is 4.97. The summed E-state index contributed by atoms with van der Waals surface area (Å²) in [5.74, 6) is 0. The van der Waals surface area contributed by atoms with Crippen molar-refractivity contribution in [2.24, 2.45) is 0 Å². The van der Waals surface area contributed by atoms with Gasteiger partial charge in [0.25, 0.3) is 0 Å². The second-order valence-electron chi connectivity index (χ2n) is 16.2. The van der Waals surface area contributed by atoms with Gasteiger partial charge in [0.2, 0.25) is 0 Å². The monoisotopic (exact) mass is 788 g/mol. The van der Waals surface area contributed by atoms with Crippen LogP contribution in [0.3, 0.4) is 0 Å². The topological polar surface area (TPSA) is 9.86 Å². The fraction of sp³-hybridized carbons (Fsp3) is 0. The summed E-state index contributed by atoms with van der Waals surface area (Å²) in [6, 6.07) is 88.4. The number of para-hydroxylation sites is 2. The molecule has 0 spiro atoms. The quantitative estimate of drug-likeness (QED) is 0.152. The van der Waals surface area contributed by atoms with Crippen molar-refractivity contribution in [3.05, 3.63) is 243 Å². The molecule has 2 heteroatoms. The maximum atomic E-state index is 2.43. The average molecular weight is 789 g/mol. The first-order chi connectivity index (χ1) is 30.7. The minimum atomic E-state index is 1.14. The Morgan fingerprint density at radius 2 is 0.516 bits per heavy atom. The van der Waals surface area contributed by atoms with Crippen LogP contribution in [0.15, 0.2) is 243 Å². The molecule has 0 aliphatic carbocycles. The summed E-state index contributed by atoms with van der Waals surface area (Å²) >= 11 is 0. The van der Waals surface area contributed by atoms with Gasteiger partial charge in [0, 0.05) is 32.9 Å². The van der Waals surface area contributed by atoms with Crippen molar-refractivity contribution in [1.29, 1.82) is 0 Å². The Hall–Kier alpha value is -8.20. The van der Waals surface area contributed by atoms with Gasteiger partial charge < -0.3 is 9.13 Å². The summed E-state index contributed by atoms with van der Waals surface area (Å²) in [4.78, 5) is 0. The molecule has 0 bridgehead atoms. The van der Waals surface area contributed by atoms with Gasteiger partial charge in [-0.2, -0.15) is 0 Å². The van der Waals surface area contributed by atoms with Crippen LogP contribution in [-0.2, 0) is 0 Å². The molecule has 0 amide bonds. The molecule has 2 heterocycles. The minimum absolute atomic E-state index is 1.14. The lowest BCUT2D eigenvalue weighted by molar-refractivity contribution is 1.18. The van der Waals surface area contributed by atoms with Gasteiger partial charge in [-0.05, 0) is 110 Å². The first kappa shape index (κ1) is 35.7. The van der Waals surface area contributed by atoms with E-state index in [1.165, 1.54) is 99.2 Å². The Balaban J connectivity index is 0.938. The molecule has 290 valence electrons. The molecule has 0 radical (unpaired) electrons. The maximum Gasteiger partial charge on any atom is 0.0547 e. The molecule has 12 aromatic rings. The number of benzene rings is 10. The lowest BCUT2D eigenvalue weighted by atomic mass is 10.00. The van der Waals surface area contributed by atoms with Crippen molar-refractivity contribution in [3.63, 3.8) is 0 Å². The van der Waals surface area contributed by atoms with E-state index in [4.69, 9.17) is 0 Å². The molecule has 62 heavy (non-hydrogen) atoms. The van der Waals surface area contributed by atoms with E-state index in [1.807, 2.05) is 0 Å². The third-order valence-electron chi connectivity index (χ3n) is 12.5. The van der Waals surface area contributed by atoms with E-state index < -0.39 is 0 Å². The maximum absolute atomic E-state index is 2.43. The highest BCUT2D eigenvalue weighted by Gasteiger charge is 2.17. The molecule has 0 aliphatic heterocycles. The van der Waals surface area contributed by atoms with Gasteiger partial charge in [-0.15, -0.1) is 0 Å². The molecular formula is C60H40N2. The Morgan fingerprint density at radius 1 is 0.177 bits per heavy atom. The van der Waals surface area contributed by atoms with Crippen LogP contribution >= 0.6 is 0 Å². The molecule has 0 fully saturated rings. The fourth-order valence-electron chi connectivity index (χ4n) is 9.48. The highest BCUT2D eigenvalue weighted by atomic mass is 15.0. The predicted molar refractivity (Wildman–Crippen MR) is 262 cm³/mol. The Morgan fingerprint density at radius 3 is 1.06 bits per heavy atom. The first-order valence-electron chi connectivity index (χ1n) is 21.3. The third-order valence-corrected chi connectivity index (χ3v) is 12.5. The Labute approximate surface area is 360 Å². The molecule has 0 atom stereocenters. The summed E-state index contributed by atoms with van der Waals surface area (Å²) in [6.45, 7) is 0. The first-order valence-corrected chi connectivity index (χ1v) is 21.3. The van der Waals surface area contributed by atoms with E-state index in [1.54, 1.807) is 0 Å². The van der Waals surface area contributed by atoms with Crippen LogP contribution in [0.25, 0.3) is 111 Å². The van der Waals surface area contributed by atoms with Crippen LogP contribution < -0.4 is 0 Å². The van der Waals surface area contributed by atoms with E-state index in [9.17, 15) is 0 Å². The number of hydrogen-bond acceptors (Lipinski definition) is 0. The van der Waals surface area contributed by atoms with Crippen molar-refractivity contribution >= 4 is 43.6 Å². The van der Waals surface area contributed by atoms with Crippen molar-refractivity contribution in [3.8, 4) is 67.0 Å². The van der Waals surface area contributed by atoms with Gasteiger partial charge in [0.1, 0.15) is 0 Å². The van der Waals surface area contributed by atoms with E-state index in [0.29, 0.717) is 0 Å². The van der Waals surface area contributed by atoms with Crippen LogP contribution in [0.5, 0.6) is 0 Å². The summed E-state index contributed by atoms with van der Waals surface area (Å²) in [5.41, 5.74) is 19.1. The molecule has 2 nitrogen and oxygen atoms in total. The van der Waals surface area contributed by atoms with Crippen LogP contribution in [-0.4, -0.2) is 9.13 Å². The zero-order chi connectivity index (χ0) is 41.0. The molecule has 2 aromatic heterocycles. The number of aromatic nitrogens is 2. The Bertz CT molecular complexity index is 3590. The SMILES string of the molecule is c1ccc(-c2ccc(-c3cccc(-n4c5ccccc5c5cc(-c6ccc7c8ccccc8n(-c8cccc(-c9ccc(-c%10ccccc%10)cc9)c8)c7c6)ccc54)c3)cc2)cc1. The van der Waals surface area contributed by atoms with Gasteiger partial charge in [0.15, 0.2) is 0 Å². The van der Waals surface area contributed by atoms with Crippen LogP contribution in [0.2, 0.25) is 0 Å². The second kappa shape index (κ2) is 14.8. The van der Waals surface area contributed by atoms with Crippen molar-refractivity contribution < 1.29 is 0 Å². The van der Waals surface area contributed by atoms with E-state index in [2.05, 4.69) is 252 Å². The van der Waals surface area contributed by atoms with Crippen LogP contribution in [0.1, 0.15) is 0 Å². The molecule has 12 rings (SSSR count). The van der Waals surface area contributed by atoms with Crippen molar-refractivity contribution in [2.45, 2.75) is 0 Å². The average Bonchev–Trinajstić information content (AvgIpc) is 3.87. The third kappa shape index (κ3) is 6.12. The standard InChI is InChI=1S/C60H40N2/c1-3-13-41(14-4-1)43-25-29-45(30-26-43)47-17-11-19-51(37-47)61-58-24-10-8-22-54(58)56-39-49(34-36-59(56)61)50-33-35-55-53-21-7-9-23-57(53)62(60(55)40-50)52-20-12-18-48(38-52)46-31-27-44(28-32-46)42-15-5-2-6-16-42/h1-40H. The van der Waals surface area contributed by atoms with E-state index >= 15 is 0 Å². The minimum Gasteiger partial charge on any atom is -0.309 e. The number of rotatable bonds is 7. The second-order valence-corrected chi connectivity index (χ2v) is 16.2. The van der Waals surface area contributed by atoms with Gasteiger partial charge in [-0.3, -0.25) is 0 Å². The lowest BCUT2D eigenvalue weighted by Crippen LogP contribution is -1.95. The van der Waals surface area contributed by atoms with E-state index in [0.717, 1.165) is 11.4 Å². The summed E-state index contributed by atoms with van der Waals surface area (Å²) in [6.07, 6.45) is 0.